The fourth-order valence-corrected chi connectivity index (χ4v) is 2.20. The molecule has 0 saturated carbocycles. The largest absolute Gasteiger partial charge is 0.394 e. The Hall–Kier alpha value is -1.07. The maximum Gasteiger partial charge on any atom is 0.224 e. The molecule has 2 N–H and O–H groups in total. The van der Waals surface area contributed by atoms with Crippen LogP contribution in [0.5, 0.6) is 0 Å². The Morgan fingerprint density at radius 1 is 1.53 bits per heavy atom. The molecule has 2 heterocycles. The number of anilines is 2. The van der Waals surface area contributed by atoms with Crippen LogP contribution < -0.4 is 10.6 Å². The van der Waals surface area contributed by atoms with Crippen LogP contribution in [0.25, 0.3) is 0 Å². The van der Waals surface area contributed by atoms with Crippen LogP contribution in [0.3, 0.4) is 0 Å². The van der Waals surface area contributed by atoms with Gasteiger partial charge in [0.05, 0.1) is 11.9 Å². The summed E-state index contributed by atoms with van der Waals surface area (Å²) in [6.45, 7) is 2.61. The predicted octanol–water partition coefficient (Wildman–Crippen LogP) is 1.57. The van der Waals surface area contributed by atoms with Crippen LogP contribution in [-0.4, -0.2) is 36.8 Å². The zero-order valence-electron chi connectivity index (χ0n) is 9.90. The molecule has 1 saturated heterocycles. The van der Waals surface area contributed by atoms with Crippen LogP contribution in [0.15, 0.2) is 6.20 Å². The number of rotatable bonds is 3. The maximum atomic E-state index is 5.85. The highest BCUT2D eigenvalue weighted by Crippen LogP contribution is 2.23. The van der Waals surface area contributed by atoms with Gasteiger partial charge in [0.25, 0.3) is 0 Å². The summed E-state index contributed by atoms with van der Waals surface area (Å²) < 4.78 is 5.34. The topological polar surface area (TPSA) is 64.3 Å². The van der Waals surface area contributed by atoms with Crippen LogP contribution in [0.2, 0.25) is 5.28 Å². The predicted molar refractivity (Wildman–Crippen MR) is 68.3 cm³/mol. The Morgan fingerprint density at radius 2 is 2.24 bits per heavy atom. The first kappa shape index (κ1) is 12.4. The molecule has 0 unspecified atom stereocenters. The van der Waals surface area contributed by atoms with Gasteiger partial charge in [0.15, 0.2) is 5.82 Å². The van der Waals surface area contributed by atoms with Gasteiger partial charge in [-0.25, -0.2) is 4.98 Å². The quantitative estimate of drug-likeness (QED) is 0.832. The van der Waals surface area contributed by atoms with Gasteiger partial charge in [-0.2, -0.15) is 4.98 Å². The fourth-order valence-electron chi connectivity index (χ4n) is 2.07. The summed E-state index contributed by atoms with van der Waals surface area (Å²) in [7, 11) is 1.98. The third-order valence-corrected chi connectivity index (χ3v) is 3.18. The lowest BCUT2D eigenvalue weighted by Gasteiger charge is -2.28. The van der Waals surface area contributed by atoms with E-state index in [1.54, 1.807) is 6.20 Å². The number of hydrogen-bond acceptors (Lipinski definition) is 5. The van der Waals surface area contributed by atoms with Crippen LogP contribution in [0.1, 0.15) is 12.8 Å². The fraction of sp³-hybridized carbons (Fsp3) is 0.636. The molecule has 0 atom stereocenters. The lowest BCUT2D eigenvalue weighted by atomic mass is 10.00. The Balaban J connectivity index is 2.02. The second kappa shape index (κ2) is 5.51. The van der Waals surface area contributed by atoms with Crippen molar-refractivity contribution in [3.63, 3.8) is 0 Å². The molecule has 0 bridgehead atoms. The summed E-state index contributed by atoms with van der Waals surface area (Å²) in [4.78, 5) is 10.1. The van der Waals surface area contributed by atoms with Crippen LogP contribution in [0.4, 0.5) is 11.5 Å². The minimum Gasteiger partial charge on any atom is -0.394 e. The molecule has 5 nitrogen and oxygen atoms in total. The van der Waals surface area contributed by atoms with Crippen molar-refractivity contribution in [1.29, 1.82) is 0 Å². The number of hydrogen-bond donors (Lipinski definition) is 1. The van der Waals surface area contributed by atoms with Crippen LogP contribution >= 0.6 is 11.6 Å². The zero-order chi connectivity index (χ0) is 12.3. The van der Waals surface area contributed by atoms with Crippen molar-refractivity contribution >= 4 is 23.1 Å². The van der Waals surface area contributed by atoms with Crippen molar-refractivity contribution in [3.05, 3.63) is 11.5 Å². The average molecular weight is 257 g/mol. The monoisotopic (exact) mass is 256 g/mol. The van der Waals surface area contributed by atoms with Gasteiger partial charge in [0.2, 0.25) is 5.28 Å². The van der Waals surface area contributed by atoms with Crippen LogP contribution in [0, 0.1) is 5.92 Å². The first-order valence-corrected chi connectivity index (χ1v) is 6.11. The molecule has 1 aliphatic heterocycles. The van der Waals surface area contributed by atoms with E-state index in [1.807, 2.05) is 11.9 Å². The van der Waals surface area contributed by atoms with Crippen molar-refractivity contribution in [1.82, 2.24) is 9.97 Å². The Kier molecular flexibility index (Phi) is 4.02. The molecule has 1 aliphatic rings. The van der Waals surface area contributed by atoms with Crippen molar-refractivity contribution < 1.29 is 4.74 Å². The molecule has 1 fully saturated rings. The van der Waals surface area contributed by atoms with Gasteiger partial charge in [0.1, 0.15) is 0 Å². The van der Waals surface area contributed by atoms with Gasteiger partial charge in [-0.05, 0) is 30.4 Å². The summed E-state index contributed by atoms with van der Waals surface area (Å²) in [5.41, 5.74) is 6.40. The lowest BCUT2D eigenvalue weighted by Crippen LogP contribution is -2.30. The standard InChI is InChI=1S/C11H17ClN4O/c1-16(7-8-2-4-17-5-3-8)10-9(13)6-14-11(12)15-10/h6,8H,2-5,7,13H2,1H3. The van der Waals surface area contributed by atoms with E-state index >= 15 is 0 Å². The molecular weight excluding hydrogens is 240 g/mol. The number of nitrogens with two attached hydrogens (primary N) is 1. The first-order valence-electron chi connectivity index (χ1n) is 5.73. The van der Waals surface area contributed by atoms with Crippen molar-refractivity contribution in [2.75, 3.05) is 37.4 Å². The van der Waals surface area contributed by atoms with E-state index in [0.29, 0.717) is 17.4 Å². The van der Waals surface area contributed by atoms with Crippen LogP contribution in [-0.2, 0) is 4.74 Å². The normalized spacial score (nSPS) is 17.1. The molecule has 0 spiro atoms. The molecule has 0 amide bonds. The summed E-state index contributed by atoms with van der Waals surface area (Å²) in [5, 5.41) is 0.230. The van der Waals surface area contributed by atoms with Crippen molar-refractivity contribution in [2.45, 2.75) is 12.8 Å². The van der Waals surface area contributed by atoms with Gasteiger partial charge >= 0.3 is 0 Å². The van der Waals surface area contributed by atoms with E-state index in [4.69, 9.17) is 22.1 Å². The summed E-state index contributed by atoms with van der Waals surface area (Å²) in [6, 6.07) is 0. The Bertz CT molecular complexity index is 382. The highest BCUT2D eigenvalue weighted by atomic mass is 35.5. The Morgan fingerprint density at radius 3 is 2.94 bits per heavy atom. The van der Waals surface area contributed by atoms with Gasteiger partial charge < -0.3 is 15.4 Å². The van der Waals surface area contributed by atoms with Crippen molar-refractivity contribution in [2.24, 2.45) is 5.92 Å². The second-order valence-corrected chi connectivity index (χ2v) is 4.69. The number of nitrogens with zero attached hydrogens (tertiary/aromatic N) is 3. The molecule has 2 rings (SSSR count). The second-order valence-electron chi connectivity index (χ2n) is 4.35. The first-order chi connectivity index (χ1) is 8.16. The van der Waals surface area contributed by atoms with Gasteiger partial charge in [-0.15, -0.1) is 0 Å². The van der Waals surface area contributed by atoms with Crippen molar-refractivity contribution in [3.8, 4) is 0 Å². The molecule has 94 valence electrons. The maximum absolute atomic E-state index is 5.85. The highest BCUT2D eigenvalue weighted by molar-refractivity contribution is 6.28. The number of halogens is 1. The third-order valence-electron chi connectivity index (χ3n) is 3.00. The summed E-state index contributed by atoms with van der Waals surface area (Å²) >= 11 is 5.78. The molecule has 0 aromatic carbocycles. The molecular formula is C11H17ClN4O. The van der Waals surface area contributed by atoms with E-state index in [9.17, 15) is 0 Å². The number of aromatic nitrogens is 2. The van der Waals surface area contributed by atoms with E-state index < -0.39 is 0 Å². The lowest BCUT2D eigenvalue weighted by molar-refractivity contribution is 0.0685. The van der Waals surface area contributed by atoms with E-state index in [2.05, 4.69) is 9.97 Å². The smallest absolute Gasteiger partial charge is 0.224 e. The summed E-state index contributed by atoms with van der Waals surface area (Å²) in [6.07, 6.45) is 3.72. The molecule has 17 heavy (non-hydrogen) atoms. The molecule has 1 aromatic heterocycles. The third kappa shape index (κ3) is 3.20. The van der Waals surface area contributed by atoms with E-state index in [-0.39, 0.29) is 5.28 Å². The zero-order valence-corrected chi connectivity index (χ0v) is 10.7. The highest BCUT2D eigenvalue weighted by Gasteiger charge is 2.18. The molecule has 1 aromatic rings. The number of ether oxygens (including phenoxy) is 1. The number of nitrogen functional groups attached to an aromatic ring is 1. The summed E-state index contributed by atoms with van der Waals surface area (Å²) in [5.74, 6) is 1.33. The molecule has 6 heteroatoms. The minimum atomic E-state index is 0.230. The van der Waals surface area contributed by atoms with Gasteiger partial charge in [0, 0.05) is 26.8 Å². The van der Waals surface area contributed by atoms with Gasteiger partial charge in [-0.1, -0.05) is 0 Å². The van der Waals surface area contributed by atoms with E-state index in [1.165, 1.54) is 0 Å². The molecule has 0 aliphatic carbocycles. The van der Waals surface area contributed by atoms with Gasteiger partial charge in [-0.3, -0.25) is 0 Å². The molecule has 0 radical (unpaired) electrons. The van der Waals surface area contributed by atoms with E-state index in [0.717, 1.165) is 32.6 Å². The minimum absolute atomic E-state index is 0.230. The Labute approximate surface area is 106 Å². The SMILES string of the molecule is CN(CC1CCOCC1)c1nc(Cl)ncc1N. The average Bonchev–Trinajstić information content (AvgIpc) is 2.33.